The minimum atomic E-state index is -3.92. The van der Waals surface area contributed by atoms with Crippen LogP contribution in [0.4, 0.5) is 22.7 Å². The molecule has 1 saturated heterocycles. The quantitative estimate of drug-likeness (QED) is 0.402. The summed E-state index contributed by atoms with van der Waals surface area (Å²) >= 11 is 0. The number of nitrogens with one attached hydrogen (secondary N) is 2. The molecular formula is C17H21N5O4S. The topological polar surface area (TPSA) is 131 Å². The summed E-state index contributed by atoms with van der Waals surface area (Å²) in [6, 6.07) is 9.92. The molecule has 0 unspecified atom stereocenters. The molecule has 27 heavy (non-hydrogen) atoms. The fraction of sp³-hybridized carbons (Fsp3) is 0.294. The Balaban J connectivity index is 1.83. The molecule has 144 valence electrons. The lowest BCUT2D eigenvalue weighted by Crippen LogP contribution is -2.28. The fourth-order valence-electron chi connectivity index (χ4n) is 2.97. The number of sulfonamides is 1. The Morgan fingerprint density at radius 1 is 1.15 bits per heavy atom. The summed E-state index contributed by atoms with van der Waals surface area (Å²) in [5.74, 6) is 0. The molecule has 0 amide bonds. The van der Waals surface area contributed by atoms with Crippen molar-refractivity contribution in [2.75, 3.05) is 41.5 Å². The Morgan fingerprint density at radius 2 is 1.96 bits per heavy atom. The number of benzene rings is 2. The van der Waals surface area contributed by atoms with Crippen LogP contribution in [0.5, 0.6) is 0 Å². The van der Waals surface area contributed by atoms with E-state index in [1.165, 1.54) is 36.4 Å². The normalized spacial score (nSPS) is 15.2. The van der Waals surface area contributed by atoms with Crippen molar-refractivity contribution in [2.24, 2.45) is 0 Å². The van der Waals surface area contributed by atoms with E-state index in [4.69, 9.17) is 5.73 Å². The first-order chi connectivity index (χ1) is 12.9. The predicted octanol–water partition coefficient (Wildman–Crippen LogP) is 1.78. The van der Waals surface area contributed by atoms with Crippen LogP contribution in [0.15, 0.2) is 47.4 Å². The van der Waals surface area contributed by atoms with Gasteiger partial charge >= 0.3 is 0 Å². The number of hydrogen-bond acceptors (Lipinski definition) is 7. The van der Waals surface area contributed by atoms with Crippen molar-refractivity contribution in [1.82, 2.24) is 5.32 Å². The maximum atomic E-state index is 12.6. The van der Waals surface area contributed by atoms with Gasteiger partial charge in [0.05, 0.1) is 26.9 Å². The molecule has 0 aromatic heterocycles. The van der Waals surface area contributed by atoms with Gasteiger partial charge in [0.25, 0.3) is 15.7 Å². The number of anilines is 3. The summed E-state index contributed by atoms with van der Waals surface area (Å²) in [6.45, 7) is 3.42. The third-order valence-electron chi connectivity index (χ3n) is 4.30. The van der Waals surface area contributed by atoms with E-state index in [1.54, 1.807) is 6.07 Å². The van der Waals surface area contributed by atoms with E-state index >= 15 is 0 Å². The zero-order valence-electron chi connectivity index (χ0n) is 14.6. The Labute approximate surface area is 157 Å². The molecule has 0 radical (unpaired) electrons. The van der Waals surface area contributed by atoms with Gasteiger partial charge in [-0.3, -0.25) is 14.8 Å². The zero-order valence-corrected chi connectivity index (χ0v) is 15.4. The molecule has 2 aromatic rings. The van der Waals surface area contributed by atoms with Crippen LogP contribution in [0.2, 0.25) is 0 Å². The number of nitro groups is 1. The largest absolute Gasteiger partial charge is 0.397 e. The molecule has 0 aliphatic carbocycles. The standard InChI is InChI=1S/C17H21N5O4S/c18-16-12-15(5-6-17(16)21-9-2-7-19-8-10-21)27(25,26)20-13-3-1-4-14(11-13)22(23)24/h1,3-6,11-12,19-20H,2,7-10,18H2. The van der Waals surface area contributed by atoms with Crippen LogP contribution in [0.3, 0.4) is 0 Å². The Bertz CT molecular complexity index is 940. The predicted molar refractivity (Wildman–Crippen MR) is 104 cm³/mol. The summed E-state index contributed by atoms with van der Waals surface area (Å²) in [7, 11) is -3.92. The summed E-state index contributed by atoms with van der Waals surface area (Å²) < 4.78 is 27.6. The molecule has 1 heterocycles. The Hall–Kier alpha value is -2.85. The first kappa shape index (κ1) is 18.9. The van der Waals surface area contributed by atoms with E-state index in [2.05, 4.69) is 14.9 Å². The van der Waals surface area contributed by atoms with Crippen LogP contribution < -0.4 is 20.7 Å². The molecule has 3 rings (SSSR count). The fourth-order valence-corrected chi connectivity index (χ4v) is 4.06. The lowest BCUT2D eigenvalue weighted by Gasteiger charge is -2.24. The van der Waals surface area contributed by atoms with Crippen LogP contribution in [0.1, 0.15) is 6.42 Å². The van der Waals surface area contributed by atoms with Gasteiger partial charge in [0, 0.05) is 31.8 Å². The van der Waals surface area contributed by atoms with Crippen LogP contribution >= 0.6 is 0 Å². The number of nitrogens with two attached hydrogens (primary N) is 1. The first-order valence-corrected chi connectivity index (χ1v) is 9.97. The molecule has 2 aromatic carbocycles. The van der Waals surface area contributed by atoms with Gasteiger partial charge in [-0.1, -0.05) is 6.07 Å². The highest BCUT2D eigenvalue weighted by molar-refractivity contribution is 7.92. The highest BCUT2D eigenvalue weighted by Crippen LogP contribution is 2.28. The van der Waals surface area contributed by atoms with Gasteiger partial charge < -0.3 is 16.0 Å². The van der Waals surface area contributed by atoms with Gasteiger partial charge in [0.2, 0.25) is 0 Å². The van der Waals surface area contributed by atoms with E-state index in [9.17, 15) is 18.5 Å². The summed E-state index contributed by atoms with van der Waals surface area (Å²) in [4.78, 5) is 12.4. The monoisotopic (exact) mass is 391 g/mol. The lowest BCUT2D eigenvalue weighted by molar-refractivity contribution is -0.384. The molecule has 10 heteroatoms. The molecule has 9 nitrogen and oxygen atoms in total. The number of hydrogen-bond donors (Lipinski definition) is 3. The molecule has 0 atom stereocenters. The summed E-state index contributed by atoms with van der Waals surface area (Å²) in [5.41, 5.74) is 7.21. The smallest absolute Gasteiger partial charge is 0.271 e. The minimum Gasteiger partial charge on any atom is -0.397 e. The lowest BCUT2D eigenvalue weighted by atomic mass is 10.2. The maximum absolute atomic E-state index is 12.6. The SMILES string of the molecule is Nc1cc(S(=O)(=O)Nc2cccc([N+](=O)[O-])c2)ccc1N1CCCNCC1. The Kier molecular flexibility index (Phi) is 5.47. The second-order valence-electron chi connectivity index (χ2n) is 6.22. The number of nitro benzene ring substituents is 1. The average molecular weight is 391 g/mol. The van der Waals surface area contributed by atoms with Gasteiger partial charge in [-0.2, -0.15) is 0 Å². The van der Waals surface area contributed by atoms with Gasteiger partial charge in [0.1, 0.15) is 0 Å². The summed E-state index contributed by atoms with van der Waals surface area (Å²) in [6.07, 6.45) is 0.980. The van der Waals surface area contributed by atoms with Gasteiger partial charge in [-0.15, -0.1) is 0 Å². The van der Waals surface area contributed by atoms with E-state index < -0.39 is 14.9 Å². The van der Waals surface area contributed by atoms with Crippen molar-refractivity contribution in [1.29, 1.82) is 0 Å². The summed E-state index contributed by atoms with van der Waals surface area (Å²) in [5, 5.41) is 14.2. The maximum Gasteiger partial charge on any atom is 0.271 e. The third kappa shape index (κ3) is 4.47. The number of nitrogen functional groups attached to an aromatic ring is 1. The highest BCUT2D eigenvalue weighted by Gasteiger charge is 2.19. The molecule has 1 aliphatic heterocycles. The second-order valence-corrected chi connectivity index (χ2v) is 7.91. The molecule has 0 saturated carbocycles. The molecule has 1 fully saturated rings. The molecule has 1 aliphatic rings. The third-order valence-corrected chi connectivity index (χ3v) is 5.68. The van der Waals surface area contributed by atoms with E-state index in [-0.39, 0.29) is 16.3 Å². The van der Waals surface area contributed by atoms with E-state index in [0.29, 0.717) is 5.69 Å². The van der Waals surface area contributed by atoms with Gasteiger partial charge in [0.15, 0.2) is 0 Å². The zero-order chi connectivity index (χ0) is 19.4. The highest BCUT2D eigenvalue weighted by atomic mass is 32.2. The first-order valence-electron chi connectivity index (χ1n) is 8.49. The molecule has 0 spiro atoms. The second kappa shape index (κ2) is 7.80. The van der Waals surface area contributed by atoms with Gasteiger partial charge in [-0.05, 0) is 37.2 Å². The minimum absolute atomic E-state index is 0.00297. The number of rotatable bonds is 5. The van der Waals surface area contributed by atoms with Crippen molar-refractivity contribution in [2.45, 2.75) is 11.3 Å². The molecular weight excluding hydrogens is 370 g/mol. The van der Waals surface area contributed by atoms with Crippen molar-refractivity contribution in [3.05, 3.63) is 52.6 Å². The van der Waals surface area contributed by atoms with Crippen molar-refractivity contribution in [3.63, 3.8) is 0 Å². The number of non-ortho nitro benzene ring substituents is 1. The van der Waals surface area contributed by atoms with Crippen molar-refractivity contribution >= 4 is 32.8 Å². The van der Waals surface area contributed by atoms with Crippen LogP contribution in [-0.2, 0) is 10.0 Å². The van der Waals surface area contributed by atoms with Crippen LogP contribution in [-0.4, -0.2) is 39.5 Å². The van der Waals surface area contributed by atoms with E-state index in [1.807, 2.05) is 0 Å². The van der Waals surface area contributed by atoms with Crippen LogP contribution in [0.25, 0.3) is 0 Å². The average Bonchev–Trinajstić information content (AvgIpc) is 2.90. The Morgan fingerprint density at radius 3 is 2.70 bits per heavy atom. The van der Waals surface area contributed by atoms with Crippen LogP contribution in [0, 0.1) is 10.1 Å². The van der Waals surface area contributed by atoms with Crippen molar-refractivity contribution in [3.8, 4) is 0 Å². The molecule has 4 N–H and O–H groups in total. The van der Waals surface area contributed by atoms with Crippen molar-refractivity contribution < 1.29 is 13.3 Å². The van der Waals surface area contributed by atoms with E-state index in [0.717, 1.165) is 38.3 Å². The van der Waals surface area contributed by atoms with Gasteiger partial charge in [-0.25, -0.2) is 8.42 Å². The molecule has 0 bridgehead atoms. The number of nitrogens with zero attached hydrogens (tertiary/aromatic N) is 2.